The molecule has 3 heterocycles. The third-order valence-electron chi connectivity index (χ3n) is 4.12. The van der Waals surface area contributed by atoms with Gasteiger partial charge in [-0.15, -0.1) is 0 Å². The van der Waals surface area contributed by atoms with Crippen molar-refractivity contribution in [2.45, 2.75) is 45.0 Å². The molecule has 0 aromatic carbocycles. The van der Waals surface area contributed by atoms with Gasteiger partial charge in [-0.05, 0) is 31.9 Å². The van der Waals surface area contributed by atoms with Gasteiger partial charge in [-0.3, -0.25) is 4.98 Å². The van der Waals surface area contributed by atoms with E-state index in [0.29, 0.717) is 6.61 Å². The van der Waals surface area contributed by atoms with Gasteiger partial charge in [0.05, 0.1) is 6.20 Å². The summed E-state index contributed by atoms with van der Waals surface area (Å²) in [6.45, 7) is 5.67. The lowest BCUT2D eigenvalue weighted by molar-refractivity contribution is 0.0869. The van der Waals surface area contributed by atoms with Gasteiger partial charge in [0.2, 0.25) is 0 Å². The number of aryl methyl sites for hydroxylation is 1. The Hall–Kier alpha value is -1.79. The van der Waals surface area contributed by atoms with Gasteiger partial charge in [-0.25, -0.2) is 9.37 Å². The first-order valence-electron chi connectivity index (χ1n) is 7.68. The zero-order valence-corrected chi connectivity index (χ0v) is 12.9. The van der Waals surface area contributed by atoms with E-state index in [4.69, 9.17) is 4.74 Å². The van der Waals surface area contributed by atoms with Gasteiger partial charge in [-0.1, -0.05) is 0 Å². The lowest BCUT2D eigenvalue weighted by Crippen LogP contribution is -2.35. The Morgan fingerprint density at radius 1 is 1.50 bits per heavy atom. The standard InChI is InChI=1S/C16H21FN4O/c1-3-21-6-5-19-16(21)15-14(4-7-22-15)20-11(2)12-8-13(17)10-18-9-12/h5-6,8-11,14-15,20H,3-4,7H2,1-2H3/t11?,14-,15-/m0/s1. The minimum absolute atomic E-state index is 0.00226. The van der Waals surface area contributed by atoms with Crippen LogP contribution in [0.1, 0.15) is 43.8 Å². The Kier molecular flexibility index (Phi) is 4.49. The number of aromatic nitrogens is 3. The van der Waals surface area contributed by atoms with E-state index < -0.39 is 0 Å². The molecule has 1 aliphatic rings. The first-order valence-corrected chi connectivity index (χ1v) is 7.68. The Morgan fingerprint density at radius 3 is 3.14 bits per heavy atom. The number of hydrogen-bond acceptors (Lipinski definition) is 4. The Labute approximate surface area is 129 Å². The van der Waals surface area contributed by atoms with E-state index in [9.17, 15) is 4.39 Å². The van der Waals surface area contributed by atoms with Crippen molar-refractivity contribution in [1.82, 2.24) is 19.9 Å². The molecule has 0 bridgehead atoms. The zero-order chi connectivity index (χ0) is 15.5. The van der Waals surface area contributed by atoms with Crippen molar-refractivity contribution < 1.29 is 9.13 Å². The van der Waals surface area contributed by atoms with Gasteiger partial charge in [0.25, 0.3) is 0 Å². The van der Waals surface area contributed by atoms with Gasteiger partial charge in [0, 0.05) is 43.8 Å². The fourth-order valence-corrected chi connectivity index (χ4v) is 2.94. The molecule has 0 radical (unpaired) electrons. The highest BCUT2D eigenvalue weighted by Crippen LogP contribution is 2.30. The topological polar surface area (TPSA) is 52.0 Å². The summed E-state index contributed by atoms with van der Waals surface area (Å²) in [7, 11) is 0. The van der Waals surface area contributed by atoms with Gasteiger partial charge >= 0.3 is 0 Å². The second kappa shape index (κ2) is 6.54. The van der Waals surface area contributed by atoms with Crippen LogP contribution in [0.4, 0.5) is 4.39 Å². The number of halogens is 1. The van der Waals surface area contributed by atoms with E-state index in [1.165, 1.54) is 12.3 Å². The summed E-state index contributed by atoms with van der Waals surface area (Å²) in [5, 5.41) is 3.53. The number of pyridine rings is 1. The molecule has 1 unspecified atom stereocenters. The molecule has 5 nitrogen and oxygen atoms in total. The van der Waals surface area contributed by atoms with Crippen LogP contribution in [0.3, 0.4) is 0 Å². The highest BCUT2D eigenvalue weighted by Gasteiger charge is 2.33. The van der Waals surface area contributed by atoms with Crippen LogP contribution in [0.25, 0.3) is 0 Å². The minimum Gasteiger partial charge on any atom is -0.369 e. The molecule has 0 saturated carbocycles. The van der Waals surface area contributed by atoms with Crippen LogP contribution in [-0.2, 0) is 11.3 Å². The summed E-state index contributed by atoms with van der Waals surface area (Å²) >= 11 is 0. The first kappa shape index (κ1) is 15.1. The normalized spacial score (nSPS) is 22.9. The van der Waals surface area contributed by atoms with E-state index in [2.05, 4.69) is 26.8 Å². The van der Waals surface area contributed by atoms with Gasteiger partial charge < -0.3 is 14.6 Å². The maximum Gasteiger partial charge on any atom is 0.141 e. The van der Waals surface area contributed by atoms with Crippen LogP contribution in [0, 0.1) is 5.82 Å². The second-order valence-electron chi connectivity index (χ2n) is 5.58. The molecule has 22 heavy (non-hydrogen) atoms. The van der Waals surface area contributed by atoms with E-state index in [1.54, 1.807) is 12.4 Å². The van der Waals surface area contributed by atoms with Crippen LogP contribution in [0.5, 0.6) is 0 Å². The lowest BCUT2D eigenvalue weighted by Gasteiger charge is -2.24. The predicted molar refractivity (Wildman–Crippen MR) is 80.7 cm³/mol. The summed E-state index contributed by atoms with van der Waals surface area (Å²) in [4.78, 5) is 8.35. The van der Waals surface area contributed by atoms with Crippen LogP contribution in [0.2, 0.25) is 0 Å². The van der Waals surface area contributed by atoms with Crippen molar-refractivity contribution in [3.05, 3.63) is 48.1 Å². The molecule has 2 aromatic rings. The average molecular weight is 304 g/mol. The minimum atomic E-state index is -0.313. The summed E-state index contributed by atoms with van der Waals surface area (Å²) < 4.78 is 21.3. The Bertz CT molecular complexity index is 630. The maximum atomic E-state index is 13.3. The third-order valence-corrected chi connectivity index (χ3v) is 4.12. The summed E-state index contributed by atoms with van der Waals surface area (Å²) in [5.74, 6) is 0.633. The summed E-state index contributed by atoms with van der Waals surface area (Å²) in [5.41, 5.74) is 0.837. The zero-order valence-electron chi connectivity index (χ0n) is 12.9. The molecule has 1 aliphatic heterocycles. The molecule has 1 N–H and O–H groups in total. The molecular weight excluding hydrogens is 283 g/mol. The predicted octanol–water partition coefficient (Wildman–Crippen LogP) is 2.62. The van der Waals surface area contributed by atoms with E-state index in [0.717, 1.165) is 24.4 Å². The van der Waals surface area contributed by atoms with Gasteiger partial charge in [-0.2, -0.15) is 0 Å². The molecule has 3 atom stereocenters. The van der Waals surface area contributed by atoms with Crippen LogP contribution >= 0.6 is 0 Å². The van der Waals surface area contributed by atoms with Crippen molar-refractivity contribution >= 4 is 0 Å². The number of nitrogens with one attached hydrogen (secondary N) is 1. The number of hydrogen-bond donors (Lipinski definition) is 1. The molecule has 1 fully saturated rings. The first-order chi connectivity index (χ1) is 10.7. The highest BCUT2D eigenvalue weighted by molar-refractivity contribution is 5.15. The lowest BCUT2D eigenvalue weighted by atomic mass is 10.1. The Balaban J connectivity index is 1.74. The maximum absolute atomic E-state index is 13.3. The smallest absolute Gasteiger partial charge is 0.141 e. The van der Waals surface area contributed by atoms with Crippen LogP contribution in [-0.4, -0.2) is 27.2 Å². The van der Waals surface area contributed by atoms with Crippen molar-refractivity contribution in [3.63, 3.8) is 0 Å². The molecule has 0 amide bonds. The molecule has 0 aliphatic carbocycles. The number of rotatable bonds is 5. The second-order valence-corrected chi connectivity index (χ2v) is 5.58. The monoisotopic (exact) mass is 304 g/mol. The van der Waals surface area contributed by atoms with Gasteiger partial charge in [0.1, 0.15) is 17.7 Å². The van der Waals surface area contributed by atoms with Crippen molar-refractivity contribution in [3.8, 4) is 0 Å². The molecule has 118 valence electrons. The van der Waals surface area contributed by atoms with Crippen molar-refractivity contribution in [1.29, 1.82) is 0 Å². The van der Waals surface area contributed by atoms with Crippen LogP contribution < -0.4 is 5.32 Å². The summed E-state index contributed by atoms with van der Waals surface area (Å²) in [6, 6.07) is 1.68. The van der Waals surface area contributed by atoms with Crippen molar-refractivity contribution in [2.75, 3.05) is 6.61 Å². The molecule has 1 saturated heterocycles. The third kappa shape index (κ3) is 3.03. The van der Waals surface area contributed by atoms with E-state index in [-0.39, 0.29) is 24.0 Å². The Morgan fingerprint density at radius 2 is 2.36 bits per heavy atom. The fraction of sp³-hybridized carbons (Fsp3) is 0.500. The van der Waals surface area contributed by atoms with Crippen LogP contribution in [0.15, 0.2) is 30.9 Å². The highest BCUT2D eigenvalue weighted by atomic mass is 19.1. The number of nitrogens with zero attached hydrogens (tertiary/aromatic N) is 3. The van der Waals surface area contributed by atoms with Gasteiger partial charge in [0.15, 0.2) is 0 Å². The summed E-state index contributed by atoms with van der Waals surface area (Å²) in [6.07, 6.45) is 7.52. The molecular formula is C16H21FN4O. The number of imidazole rings is 1. The average Bonchev–Trinajstić information content (AvgIpc) is 3.15. The SMILES string of the molecule is CCn1ccnc1[C@H]1OCC[C@@H]1NC(C)c1cncc(F)c1. The molecule has 6 heteroatoms. The molecule has 0 spiro atoms. The molecule has 2 aromatic heterocycles. The quantitative estimate of drug-likeness (QED) is 0.922. The largest absolute Gasteiger partial charge is 0.369 e. The van der Waals surface area contributed by atoms with E-state index in [1.807, 2.05) is 13.1 Å². The van der Waals surface area contributed by atoms with E-state index >= 15 is 0 Å². The van der Waals surface area contributed by atoms with Crippen molar-refractivity contribution in [2.24, 2.45) is 0 Å². The fourth-order valence-electron chi connectivity index (χ4n) is 2.94. The molecule has 3 rings (SSSR count). The number of ether oxygens (including phenoxy) is 1.